The number of alkyl halides is 2. The molecule has 100 valence electrons. The second kappa shape index (κ2) is 6.48. The molecule has 18 heavy (non-hydrogen) atoms. The van der Waals surface area contributed by atoms with Crippen molar-refractivity contribution < 1.29 is 13.5 Å². The Bertz CT molecular complexity index is 395. The minimum Gasteiger partial charge on any atom is -0.492 e. The van der Waals surface area contributed by atoms with Crippen molar-refractivity contribution in [3.05, 3.63) is 28.2 Å². The quantitative estimate of drug-likeness (QED) is 0.912. The molecule has 0 unspecified atom stereocenters. The average molecular weight is 320 g/mol. The van der Waals surface area contributed by atoms with Gasteiger partial charge in [-0.15, -0.1) is 0 Å². The number of hydrogen-bond acceptors (Lipinski definition) is 2. The minimum atomic E-state index is -2.48. The highest BCUT2D eigenvalue weighted by atomic mass is 79.9. The summed E-state index contributed by atoms with van der Waals surface area (Å²) in [6, 6.07) is 4.73. The molecule has 0 radical (unpaired) electrons. The summed E-state index contributed by atoms with van der Waals surface area (Å²) in [4.78, 5) is 0. The smallest absolute Gasteiger partial charge is 0.265 e. The van der Waals surface area contributed by atoms with E-state index in [-0.39, 0.29) is 5.56 Å². The fourth-order valence-electron chi connectivity index (χ4n) is 2.06. The van der Waals surface area contributed by atoms with Gasteiger partial charge in [-0.1, -0.05) is 12.1 Å². The zero-order valence-corrected chi connectivity index (χ0v) is 11.6. The average Bonchev–Trinajstić information content (AvgIpc) is 2.38. The van der Waals surface area contributed by atoms with Gasteiger partial charge in [-0.2, -0.15) is 0 Å². The second-order valence-electron chi connectivity index (χ2n) is 4.46. The highest BCUT2D eigenvalue weighted by Crippen LogP contribution is 2.34. The van der Waals surface area contributed by atoms with Gasteiger partial charge in [0, 0.05) is 5.56 Å². The van der Waals surface area contributed by atoms with Crippen LogP contribution in [0.15, 0.2) is 22.7 Å². The van der Waals surface area contributed by atoms with E-state index in [9.17, 15) is 8.78 Å². The van der Waals surface area contributed by atoms with E-state index in [0.29, 0.717) is 22.7 Å². The lowest BCUT2D eigenvalue weighted by Gasteiger charge is -2.23. The molecule has 5 heteroatoms. The number of rotatable bonds is 4. The molecule has 1 N–H and O–H groups in total. The van der Waals surface area contributed by atoms with Crippen LogP contribution in [0, 0.1) is 5.92 Å². The monoisotopic (exact) mass is 319 g/mol. The van der Waals surface area contributed by atoms with Crippen LogP contribution in [0.4, 0.5) is 8.78 Å². The van der Waals surface area contributed by atoms with Crippen LogP contribution in [0.25, 0.3) is 0 Å². The molecule has 0 amide bonds. The van der Waals surface area contributed by atoms with Gasteiger partial charge in [0.25, 0.3) is 6.43 Å². The van der Waals surface area contributed by atoms with Crippen LogP contribution < -0.4 is 10.1 Å². The lowest BCUT2D eigenvalue weighted by Crippen LogP contribution is -2.30. The zero-order chi connectivity index (χ0) is 13.0. The maximum Gasteiger partial charge on any atom is 0.265 e. The molecule has 1 aromatic rings. The summed E-state index contributed by atoms with van der Waals surface area (Å²) in [5.74, 6) is 1.01. The van der Waals surface area contributed by atoms with Crippen molar-refractivity contribution in [3.8, 4) is 5.75 Å². The van der Waals surface area contributed by atoms with Gasteiger partial charge in [0.1, 0.15) is 5.75 Å². The molecule has 2 nitrogen and oxygen atoms in total. The van der Waals surface area contributed by atoms with Crippen LogP contribution in [-0.4, -0.2) is 19.7 Å². The predicted molar refractivity (Wildman–Crippen MR) is 70.2 cm³/mol. The Balaban J connectivity index is 1.98. The Labute approximate surface area is 114 Å². The number of halogens is 3. The molecule has 0 aromatic heterocycles. The van der Waals surface area contributed by atoms with Crippen molar-refractivity contribution in [2.45, 2.75) is 19.3 Å². The molecule has 0 spiro atoms. The van der Waals surface area contributed by atoms with E-state index in [1.54, 1.807) is 12.1 Å². The molecular formula is C13H16BrF2NO. The van der Waals surface area contributed by atoms with E-state index in [1.807, 2.05) is 0 Å². The SMILES string of the molecule is FC(F)c1cccc(OCC2CCNCC2)c1Br. The Kier molecular flexibility index (Phi) is 4.95. The molecular weight excluding hydrogens is 304 g/mol. The Hall–Kier alpha value is -0.680. The third kappa shape index (κ3) is 3.42. The molecule has 2 rings (SSSR count). The molecule has 0 saturated carbocycles. The lowest BCUT2D eigenvalue weighted by atomic mass is 9.99. The predicted octanol–water partition coefficient (Wildman–Crippen LogP) is 3.77. The van der Waals surface area contributed by atoms with Gasteiger partial charge in [-0.05, 0) is 53.8 Å². The first kappa shape index (κ1) is 13.7. The molecule has 1 fully saturated rings. The number of ether oxygens (including phenoxy) is 1. The Morgan fingerprint density at radius 3 is 2.72 bits per heavy atom. The highest BCUT2D eigenvalue weighted by Gasteiger charge is 2.17. The van der Waals surface area contributed by atoms with Crippen molar-refractivity contribution in [3.63, 3.8) is 0 Å². The Morgan fingerprint density at radius 1 is 1.33 bits per heavy atom. The summed E-state index contributed by atoms with van der Waals surface area (Å²) in [5.41, 5.74) is -0.0159. The van der Waals surface area contributed by atoms with Crippen LogP contribution >= 0.6 is 15.9 Å². The third-order valence-corrected chi connectivity index (χ3v) is 4.01. The summed E-state index contributed by atoms with van der Waals surface area (Å²) in [6.45, 7) is 2.60. The maximum absolute atomic E-state index is 12.7. The number of hydrogen-bond donors (Lipinski definition) is 1. The number of piperidine rings is 1. The number of nitrogens with one attached hydrogen (secondary N) is 1. The minimum absolute atomic E-state index is 0.0159. The largest absolute Gasteiger partial charge is 0.492 e. The fraction of sp³-hybridized carbons (Fsp3) is 0.538. The van der Waals surface area contributed by atoms with Gasteiger partial charge in [-0.25, -0.2) is 8.78 Å². The molecule has 1 aliphatic rings. The fourth-order valence-corrected chi connectivity index (χ4v) is 2.62. The first-order valence-electron chi connectivity index (χ1n) is 6.08. The van der Waals surface area contributed by atoms with Gasteiger partial charge in [0.2, 0.25) is 0 Å². The van der Waals surface area contributed by atoms with E-state index in [4.69, 9.17) is 4.74 Å². The molecule has 0 aliphatic carbocycles. The second-order valence-corrected chi connectivity index (χ2v) is 5.26. The van der Waals surface area contributed by atoms with Crippen LogP contribution in [-0.2, 0) is 0 Å². The van der Waals surface area contributed by atoms with Crippen LogP contribution in [0.2, 0.25) is 0 Å². The van der Waals surface area contributed by atoms with Crippen molar-refractivity contribution in [1.29, 1.82) is 0 Å². The third-order valence-electron chi connectivity index (χ3n) is 3.16. The molecule has 0 bridgehead atoms. The van der Waals surface area contributed by atoms with Gasteiger partial charge in [0.05, 0.1) is 11.1 Å². The van der Waals surface area contributed by atoms with Crippen LogP contribution in [0.3, 0.4) is 0 Å². The van der Waals surface area contributed by atoms with Crippen molar-refractivity contribution in [2.75, 3.05) is 19.7 Å². The number of benzene rings is 1. The summed E-state index contributed by atoms with van der Waals surface area (Å²) >= 11 is 3.19. The van der Waals surface area contributed by atoms with Crippen molar-refractivity contribution in [2.24, 2.45) is 5.92 Å². The zero-order valence-electron chi connectivity index (χ0n) is 9.96. The van der Waals surface area contributed by atoms with E-state index in [0.717, 1.165) is 25.9 Å². The molecule has 1 saturated heterocycles. The molecule has 0 atom stereocenters. The summed E-state index contributed by atoms with van der Waals surface area (Å²) in [5, 5.41) is 3.28. The van der Waals surface area contributed by atoms with E-state index in [1.165, 1.54) is 6.07 Å². The first-order chi connectivity index (χ1) is 8.68. The molecule has 1 heterocycles. The van der Waals surface area contributed by atoms with Crippen LogP contribution in [0.5, 0.6) is 5.75 Å². The molecule has 1 aromatic carbocycles. The molecule has 1 aliphatic heterocycles. The first-order valence-corrected chi connectivity index (χ1v) is 6.88. The normalized spacial score (nSPS) is 17.1. The van der Waals surface area contributed by atoms with Gasteiger partial charge in [0.15, 0.2) is 0 Å². The van der Waals surface area contributed by atoms with E-state index in [2.05, 4.69) is 21.2 Å². The van der Waals surface area contributed by atoms with Crippen LogP contribution in [0.1, 0.15) is 24.8 Å². The van der Waals surface area contributed by atoms with Gasteiger partial charge >= 0.3 is 0 Å². The van der Waals surface area contributed by atoms with Crippen molar-refractivity contribution in [1.82, 2.24) is 5.32 Å². The summed E-state index contributed by atoms with van der Waals surface area (Å²) in [7, 11) is 0. The standard InChI is InChI=1S/C13H16BrF2NO/c14-12-10(13(15)16)2-1-3-11(12)18-8-9-4-6-17-7-5-9/h1-3,9,13,17H,4-8H2. The summed E-state index contributed by atoms with van der Waals surface area (Å²) in [6.07, 6.45) is -0.333. The Morgan fingerprint density at radius 2 is 2.06 bits per heavy atom. The van der Waals surface area contributed by atoms with Crippen molar-refractivity contribution >= 4 is 15.9 Å². The van der Waals surface area contributed by atoms with Gasteiger partial charge < -0.3 is 10.1 Å². The van der Waals surface area contributed by atoms with E-state index < -0.39 is 6.43 Å². The van der Waals surface area contributed by atoms with E-state index >= 15 is 0 Å². The topological polar surface area (TPSA) is 21.3 Å². The lowest BCUT2D eigenvalue weighted by molar-refractivity contribution is 0.149. The summed E-state index contributed by atoms with van der Waals surface area (Å²) < 4.78 is 31.4. The maximum atomic E-state index is 12.7. The highest BCUT2D eigenvalue weighted by molar-refractivity contribution is 9.10. The van der Waals surface area contributed by atoms with Gasteiger partial charge in [-0.3, -0.25) is 0 Å².